The first-order valence-corrected chi connectivity index (χ1v) is 5.12. The minimum absolute atomic E-state index is 0.183. The van der Waals surface area contributed by atoms with Crippen LogP contribution in [0.5, 0.6) is 0 Å². The molecule has 0 aromatic carbocycles. The second-order valence-electron chi connectivity index (χ2n) is 3.78. The van der Waals surface area contributed by atoms with Crippen LogP contribution in [0.25, 0.3) is 0 Å². The molecule has 1 rings (SSSR count). The van der Waals surface area contributed by atoms with E-state index in [1.807, 2.05) is 26.8 Å². The van der Waals surface area contributed by atoms with E-state index in [4.69, 9.17) is 5.26 Å². The average molecular weight is 205 g/mol. The summed E-state index contributed by atoms with van der Waals surface area (Å²) >= 11 is 0. The van der Waals surface area contributed by atoms with Gasteiger partial charge in [0, 0.05) is 6.54 Å². The van der Waals surface area contributed by atoms with Gasteiger partial charge in [0.15, 0.2) is 0 Å². The van der Waals surface area contributed by atoms with E-state index in [2.05, 4.69) is 5.10 Å². The first-order chi connectivity index (χ1) is 7.10. The van der Waals surface area contributed by atoms with Gasteiger partial charge in [-0.2, -0.15) is 10.4 Å². The predicted octanol–water partition coefficient (Wildman–Crippen LogP) is 1.65. The summed E-state index contributed by atoms with van der Waals surface area (Å²) in [4.78, 5) is 11.6. The lowest BCUT2D eigenvalue weighted by molar-refractivity contribution is 0.545. The minimum atomic E-state index is -0.288. The number of hydrogen-bond acceptors (Lipinski definition) is 3. The fourth-order valence-corrected chi connectivity index (χ4v) is 1.29. The molecule has 4 nitrogen and oxygen atoms in total. The molecule has 0 atom stereocenters. The normalized spacial score (nSPS) is 10.3. The Morgan fingerprint density at radius 1 is 1.60 bits per heavy atom. The standard InChI is InChI=1S/C11H15N3O/c1-4-5-14-11(15)9(7-12)6-10(13-14)8(2)3/h6,8H,4-5H2,1-3H3. The van der Waals surface area contributed by atoms with Crippen molar-refractivity contribution < 1.29 is 0 Å². The predicted molar refractivity (Wildman–Crippen MR) is 57.6 cm³/mol. The van der Waals surface area contributed by atoms with Crippen LogP contribution < -0.4 is 5.56 Å². The van der Waals surface area contributed by atoms with Gasteiger partial charge in [0.2, 0.25) is 0 Å². The van der Waals surface area contributed by atoms with E-state index in [1.54, 1.807) is 6.07 Å². The molecule has 0 N–H and O–H groups in total. The molecule has 0 aliphatic rings. The van der Waals surface area contributed by atoms with Crippen molar-refractivity contribution in [1.29, 1.82) is 5.26 Å². The van der Waals surface area contributed by atoms with Gasteiger partial charge in [-0.3, -0.25) is 4.79 Å². The van der Waals surface area contributed by atoms with Crippen LogP contribution >= 0.6 is 0 Å². The molecule has 0 bridgehead atoms. The number of nitrogens with zero attached hydrogens (tertiary/aromatic N) is 3. The Bertz CT molecular complexity index is 440. The van der Waals surface area contributed by atoms with Gasteiger partial charge in [0.05, 0.1) is 5.69 Å². The van der Waals surface area contributed by atoms with Gasteiger partial charge in [0.1, 0.15) is 11.6 Å². The largest absolute Gasteiger partial charge is 0.284 e. The summed E-state index contributed by atoms with van der Waals surface area (Å²) in [5.74, 6) is 0.223. The smallest absolute Gasteiger partial charge is 0.266 e. The molecule has 1 heterocycles. The number of rotatable bonds is 3. The van der Waals surface area contributed by atoms with Crippen LogP contribution in [0, 0.1) is 11.3 Å². The van der Waals surface area contributed by atoms with Crippen LogP contribution in [0.15, 0.2) is 10.9 Å². The van der Waals surface area contributed by atoms with Crippen molar-refractivity contribution in [3.8, 4) is 6.07 Å². The molecule has 0 unspecified atom stereocenters. The first-order valence-electron chi connectivity index (χ1n) is 5.12. The zero-order valence-electron chi connectivity index (χ0n) is 9.32. The second kappa shape index (κ2) is 4.74. The summed E-state index contributed by atoms with van der Waals surface area (Å²) in [6.07, 6.45) is 0.833. The summed E-state index contributed by atoms with van der Waals surface area (Å²) < 4.78 is 1.38. The van der Waals surface area contributed by atoms with Crippen LogP contribution in [-0.2, 0) is 6.54 Å². The molecular weight excluding hydrogens is 190 g/mol. The molecule has 0 saturated heterocycles. The van der Waals surface area contributed by atoms with Gasteiger partial charge in [0.25, 0.3) is 5.56 Å². The lowest BCUT2D eigenvalue weighted by Crippen LogP contribution is -2.26. The van der Waals surface area contributed by atoms with Crippen molar-refractivity contribution >= 4 is 0 Å². The van der Waals surface area contributed by atoms with E-state index in [0.29, 0.717) is 6.54 Å². The van der Waals surface area contributed by atoms with Gasteiger partial charge in [-0.25, -0.2) is 4.68 Å². The van der Waals surface area contributed by atoms with Crippen LogP contribution in [0.4, 0.5) is 0 Å². The third kappa shape index (κ3) is 2.44. The van der Waals surface area contributed by atoms with Crippen LogP contribution in [0.3, 0.4) is 0 Å². The molecule has 15 heavy (non-hydrogen) atoms. The summed E-state index contributed by atoms with van der Waals surface area (Å²) in [5.41, 5.74) is 0.686. The number of hydrogen-bond donors (Lipinski definition) is 0. The molecule has 0 fully saturated rings. The van der Waals surface area contributed by atoms with Gasteiger partial charge < -0.3 is 0 Å². The van der Waals surface area contributed by atoms with Crippen LogP contribution in [-0.4, -0.2) is 9.78 Å². The molecule has 0 saturated carbocycles. The maximum Gasteiger partial charge on any atom is 0.284 e. The monoisotopic (exact) mass is 205 g/mol. The van der Waals surface area contributed by atoms with E-state index >= 15 is 0 Å². The SMILES string of the molecule is CCCn1nc(C(C)C)cc(C#N)c1=O. The van der Waals surface area contributed by atoms with E-state index in [-0.39, 0.29) is 17.0 Å². The fourth-order valence-electron chi connectivity index (χ4n) is 1.29. The lowest BCUT2D eigenvalue weighted by Gasteiger charge is -2.08. The van der Waals surface area contributed by atoms with E-state index in [9.17, 15) is 4.79 Å². The van der Waals surface area contributed by atoms with Crippen molar-refractivity contribution in [2.45, 2.75) is 39.7 Å². The Hall–Kier alpha value is -1.63. The molecule has 1 aromatic rings. The van der Waals surface area contributed by atoms with Crippen molar-refractivity contribution in [2.24, 2.45) is 0 Å². The highest BCUT2D eigenvalue weighted by atomic mass is 16.1. The lowest BCUT2D eigenvalue weighted by atomic mass is 10.1. The molecule has 80 valence electrons. The summed E-state index contributed by atoms with van der Waals surface area (Å²) in [6.45, 7) is 6.52. The van der Waals surface area contributed by atoms with Crippen molar-refractivity contribution in [2.75, 3.05) is 0 Å². The van der Waals surface area contributed by atoms with E-state index < -0.39 is 0 Å². The number of nitriles is 1. The third-order valence-electron chi connectivity index (χ3n) is 2.14. The Labute approximate surface area is 89.2 Å². The Balaban J connectivity index is 3.33. The third-order valence-corrected chi connectivity index (χ3v) is 2.14. The van der Waals surface area contributed by atoms with Gasteiger partial charge in [-0.15, -0.1) is 0 Å². The zero-order valence-corrected chi connectivity index (χ0v) is 9.32. The average Bonchev–Trinajstić information content (AvgIpc) is 2.21. The minimum Gasteiger partial charge on any atom is -0.266 e. The molecule has 0 radical (unpaired) electrons. The zero-order chi connectivity index (χ0) is 11.4. The Kier molecular flexibility index (Phi) is 3.62. The summed E-state index contributed by atoms with van der Waals surface area (Å²) in [5, 5.41) is 13.0. The molecule has 0 aliphatic heterocycles. The molecule has 4 heteroatoms. The second-order valence-corrected chi connectivity index (χ2v) is 3.78. The maximum atomic E-state index is 11.6. The van der Waals surface area contributed by atoms with Gasteiger partial charge >= 0.3 is 0 Å². The first kappa shape index (κ1) is 11.4. The number of aryl methyl sites for hydroxylation is 1. The topological polar surface area (TPSA) is 58.7 Å². The highest BCUT2D eigenvalue weighted by Gasteiger charge is 2.09. The van der Waals surface area contributed by atoms with E-state index in [1.165, 1.54) is 4.68 Å². The Morgan fingerprint density at radius 3 is 2.73 bits per heavy atom. The maximum absolute atomic E-state index is 11.6. The molecule has 0 amide bonds. The molecule has 0 aliphatic carbocycles. The van der Waals surface area contributed by atoms with Crippen LogP contribution in [0.1, 0.15) is 44.4 Å². The number of aromatic nitrogens is 2. The van der Waals surface area contributed by atoms with Crippen LogP contribution in [0.2, 0.25) is 0 Å². The fraction of sp³-hybridized carbons (Fsp3) is 0.545. The summed E-state index contributed by atoms with van der Waals surface area (Å²) in [7, 11) is 0. The van der Waals surface area contributed by atoms with Crippen molar-refractivity contribution in [3.05, 3.63) is 27.7 Å². The van der Waals surface area contributed by atoms with Crippen molar-refractivity contribution in [3.63, 3.8) is 0 Å². The molecule has 0 spiro atoms. The highest BCUT2D eigenvalue weighted by Crippen LogP contribution is 2.10. The molecular formula is C11H15N3O. The van der Waals surface area contributed by atoms with E-state index in [0.717, 1.165) is 12.1 Å². The van der Waals surface area contributed by atoms with Crippen molar-refractivity contribution in [1.82, 2.24) is 9.78 Å². The van der Waals surface area contributed by atoms with Gasteiger partial charge in [-0.1, -0.05) is 20.8 Å². The quantitative estimate of drug-likeness (QED) is 0.753. The molecule has 1 aromatic heterocycles. The summed E-state index contributed by atoms with van der Waals surface area (Å²) in [6, 6.07) is 3.50. The Morgan fingerprint density at radius 2 is 2.27 bits per heavy atom. The highest BCUT2D eigenvalue weighted by molar-refractivity contribution is 5.27. The van der Waals surface area contributed by atoms with Gasteiger partial charge in [-0.05, 0) is 18.4 Å².